The highest BCUT2D eigenvalue weighted by Crippen LogP contribution is 2.35. The fourth-order valence-corrected chi connectivity index (χ4v) is 1.98. The Morgan fingerprint density at radius 3 is 2.57 bits per heavy atom. The fourth-order valence-electron chi connectivity index (χ4n) is 1.98. The van der Waals surface area contributed by atoms with E-state index in [1.165, 1.54) is 11.1 Å². The zero-order valence-electron chi connectivity index (χ0n) is 9.05. The van der Waals surface area contributed by atoms with Crippen molar-refractivity contribution in [2.45, 2.75) is 19.3 Å². The average Bonchev–Trinajstić information content (AvgIpc) is 2.14. The van der Waals surface area contributed by atoms with E-state index < -0.39 is 0 Å². The maximum absolute atomic E-state index is 5.39. The van der Waals surface area contributed by atoms with Gasteiger partial charge in [0.2, 0.25) is 0 Å². The number of benzene rings is 1. The molecule has 1 heterocycles. The molecule has 0 saturated carbocycles. The Bertz CT molecular complexity index is 342. The lowest BCUT2D eigenvalue weighted by molar-refractivity contribution is 0.291. The molecule has 0 aromatic heterocycles. The van der Waals surface area contributed by atoms with Crippen molar-refractivity contribution in [2.24, 2.45) is 0 Å². The van der Waals surface area contributed by atoms with Crippen LogP contribution in [0.3, 0.4) is 0 Å². The first kappa shape index (κ1) is 9.53. The first-order chi connectivity index (χ1) is 6.65. The summed E-state index contributed by atoms with van der Waals surface area (Å²) in [7, 11) is 1.74. The second-order valence-electron chi connectivity index (χ2n) is 4.37. The van der Waals surface area contributed by atoms with Gasteiger partial charge < -0.3 is 10.1 Å². The van der Waals surface area contributed by atoms with Crippen LogP contribution >= 0.6 is 0 Å². The highest BCUT2D eigenvalue weighted by molar-refractivity contribution is 5.43. The van der Waals surface area contributed by atoms with Gasteiger partial charge in [0.1, 0.15) is 5.75 Å². The van der Waals surface area contributed by atoms with Crippen molar-refractivity contribution in [1.82, 2.24) is 5.32 Å². The van der Waals surface area contributed by atoms with Crippen LogP contribution in [-0.4, -0.2) is 20.2 Å². The van der Waals surface area contributed by atoms with Gasteiger partial charge in [0.25, 0.3) is 0 Å². The van der Waals surface area contributed by atoms with Gasteiger partial charge in [-0.2, -0.15) is 0 Å². The Labute approximate surface area is 85.3 Å². The number of nitrogens with one attached hydrogen (secondary N) is 1. The third-order valence-corrected chi connectivity index (χ3v) is 3.04. The van der Waals surface area contributed by atoms with E-state index in [-0.39, 0.29) is 5.41 Å². The van der Waals surface area contributed by atoms with Crippen molar-refractivity contribution in [1.29, 1.82) is 0 Å². The van der Waals surface area contributed by atoms with E-state index in [9.17, 15) is 0 Å². The van der Waals surface area contributed by atoms with Crippen molar-refractivity contribution in [2.75, 3.05) is 20.2 Å². The summed E-state index contributed by atoms with van der Waals surface area (Å²) < 4.78 is 5.39. The minimum Gasteiger partial charge on any atom is -0.496 e. The number of ether oxygens (including phenoxy) is 1. The van der Waals surface area contributed by atoms with Crippen molar-refractivity contribution in [3.05, 3.63) is 29.3 Å². The summed E-state index contributed by atoms with van der Waals surface area (Å²) in [6.07, 6.45) is 0. The van der Waals surface area contributed by atoms with Crippen LogP contribution in [0.1, 0.15) is 18.1 Å². The van der Waals surface area contributed by atoms with Crippen LogP contribution in [0.4, 0.5) is 0 Å². The van der Waals surface area contributed by atoms with Crippen LogP contribution in [0.15, 0.2) is 18.2 Å². The van der Waals surface area contributed by atoms with E-state index in [1.807, 2.05) is 0 Å². The average molecular weight is 191 g/mol. The molecule has 0 aliphatic carbocycles. The van der Waals surface area contributed by atoms with Gasteiger partial charge >= 0.3 is 0 Å². The molecule has 14 heavy (non-hydrogen) atoms. The molecule has 1 aromatic carbocycles. The molecule has 0 bridgehead atoms. The zero-order chi connectivity index (χ0) is 10.2. The predicted octanol–water partition coefficient (Wildman–Crippen LogP) is 1.86. The third-order valence-electron chi connectivity index (χ3n) is 3.04. The molecule has 0 atom stereocenters. The molecule has 0 spiro atoms. The van der Waals surface area contributed by atoms with Gasteiger partial charge in [0.15, 0.2) is 0 Å². The molecule has 1 saturated heterocycles. The van der Waals surface area contributed by atoms with Crippen LogP contribution in [0.5, 0.6) is 5.75 Å². The second-order valence-corrected chi connectivity index (χ2v) is 4.37. The molecule has 2 rings (SSSR count). The Kier molecular flexibility index (Phi) is 2.23. The maximum atomic E-state index is 5.39. The number of rotatable bonds is 2. The van der Waals surface area contributed by atoms with Crippen molar-refractivity contribution < 1.29 is 4.74 Å². The lowest BCUT2D eigenvalue weighted by Crippen LogP contribution is -2.54. The molecule has 2 heteroatoms. The summed E-state index contributed by atoms with van der Waals surface area (Å²) in [6.45, 7) is 6.50. The van der Waals surface area contributed by atoms with Crippen molar-refractivity contribution in [3.8, 4) is 5.75 Å². The standard InChI is InChI=1S/C12H17NO/c1-9-4-5-11(14-3)10(6-9)12(2)7-13-8-12/h4-6,13H,7-8H2,1-3H3. The van der Waals surface area contributed by atoms with Gasteiger partial charge in [-0.25, -0.2) is 0 Å². The molecule has 1 aliphatic heterocycles. The smallest absolute Gasteiger partial charge is 0.122 e. The fraction of sp³-hybridized carbons (Fsp3) is 0.500. The van der Waals surface area contributed by atoms with Crippen LogP contribution in [0.2, 0.25) is 0 Å². The topological polar surface area (TPSA) is 21.3 Å². The van der Waals surface area contributed by atoms with Crippen LogP contribution in [0.25, 0.3) is 0 Å². The van der Waals surface area contributed by atoms with Gasteiger partial charge in [0, 0.05) is 24.1 Å². The Morgan fingerprint density at radius 2 is 2.07 bits per heavy atom. The molecular formula is C12H17NO. The van der Waals surface area contributed by atoms with E-state index >= 15 is 0 Å². The summed E-state index contributed by atoms with van der Waals surface area (Å²) in [5, 5.41) is 3.32. The van der Waals surface area contributed by atoms with Crippen molar-refractivity contribution >= 4 is 0 Å². The lowest BCUT2D eigenvalue weighted by Gasteiger charge is -2.40. The first-order valence-electron chi connectivity index (χ1n) is 5.01. The molecule has 0 unspecified atom stereocenters. The zero-order valence-corrected chi connectivity index (χ0v) is 9.05. The predicted molar refractivity (Wildman–Crippen MR) is 58.0 cm³/mol. The summed E-state index contributed by atoms with van der Waals surface area (Å²) in [4.78, 5) is 0. The molecule has 1 aromatic rings. The molecule has 2 nitrogen and oxygen atoms in total. The van der Waals surface area contributed by atoms with Crippen LogP contribution < -0.4 is 10.1 Å². The number of aryl methyl sites for hydroxylation is 1. The second kappa shape index (κ2) is 3.28. The molecule has 0 radical (unpaired) electrons. The monoisotopic (exact) mass is 191 g/mol. The molecule has 0 amide bonds. The summed E-state index contributed by atoms with van der Waals surface area (Å²) in [6, 6.07) is 6.39. The number of methoxy groups -OCH3 is 1. The number of hydrogen-bond acceptors (Lipinski definition) is 2. The minimum absolute atomic E-state index is 0.261. The van der Waals surface area contributed by atoms with E-state index in [0.29, 0.717) is 0 Å². The lowest BCUT2D eigenvalue weighted by atomic mass is 9.76. The summed E-state index contributed by atoms with van der Waals surface area (Å²) >= 11 is 0. The van der Waals surface area contributed by atoms with Gasteiger partial charge in [-0.1, -0.05) is 24.6 Å². The van der Waals surface area contributed by atoms with Gasteiger partial charge in [0.05, 0.1) is 7.11 Å². The van der Waals surface area contributed by atoms with E-state index in [4.69, 9.17) is 4.74 Å². The first-order valence-corrected chi connectivity index (χ1v) is 5.01. The number of hydrogen-bond donors (Lipinski definition) is 1. The van der Waals surface area contributed by atoms with Gasteiger partial charge in [-0.05, 0) is 13.0 Å². The molecule has 76 valence electrons. The third kappa shape index (κ3) is 1.40. The molecule has 1 fully saturated rings. The Balaban J connectivity index is 2.43. The summed E-state index contributed by atoms with van der Waals surface area (Å²) in [5.41, 5.74) is 2.89. The molecular weight excluding hydrogens is 174 g/mol. The van der Waals surface area contributed by atoms with Gasteiger partial charge in [-0.3, -0.25) is 0 Å². The molecule has 1 N–H and O–H groups in total. The van der Waals surface area contributed by atoms with Crippen LogP contribution in [-0.2, 0) is 5.41 Å². The van der Waals surface area contributed by atoms with E-state index in [2.05, 4.69) is 37.4 Å². The SMILES string of the molecule is COc1ccc(C)cc1C1(C)CNC1. The highest BCUT2D eigenvalue weighted by atomic mass is 16.5. The van der Waals surface area contributed by atoms with E-state index in [0.717, 1.165) is 18.8 Å². The minimum atomic E-state index is 0.261. The Hall–Kier alpha value is -1.02. The summed E-state index contributed by atoms with van der Waals surface area (Å²) in [5.74, 6) is 1.01. The largest absolute Gasteiger partial charge is 0.496 e. The van der Waals surface area contributed by atoms with Gasteiger partial charge in [-0.15, -0.1) is 0 Å². The molecule has 1 aliphatic rings. The Morgan fingerprint density at radius 1 is 1.36 bits per heavy atom. The highest BCUT2D eigenvalue weighted by Gasteiger charge is 2.35. The maximum Gasteiger partial charge on any atom is 0.122 e. The van der Waals surface area contributed by atoms with E-state index in [1.54, 1.807) is 7.11 Å². The van der Waals surface area contributed by atoms with Crippen LogP contribution in [0, 0.1) is 6.92 Å². The van der Waals surface area contributed by atoms with Crippen molar-refractivity contribution in [3.63, 3.8) is 0 Å². The quantitative estimate of drug-likeness (QED) is 0.770. The normalized spacial score (nSPS) is 18.8.